The maximum Gasteiger partial charge on any atom is 0.404 e. The van der Waals surface area contributed by atoms with Crippen LogP contribution in [0.1, 0.15) is 61.2 Å². The van der Waals surface area contributed by atoms with Crippen LogP contribution in [0.25, 0.3) is 0 Å². The van der Waals surface area contributed by atoms with Gasteiger partial charge in [-0.25, -0.2) is 9.78 Å². The second kappa shape index (κ2) is 9.18. The van der Waals surface area contributed by atoms with Gasteiger partial charge in [0.15, 0.2) is 5.82 Å². The second-order valence-corrected chi connectivity index (χ2v) is 8.54. The lowest BCUT2D eigenvalue weighted by Gasteiger charge is -2.14. The summed E-state index contributed by atoms with van der Waals surface area (Å²) in [6.07, 6.45) is 4.50. The number of aromatic nitrogens is 3. The van der Waals surface area contributed by atoms with E-state index in [2.05, 4.69) is 25.8 Å². The van der Waals surface area contributed by atoms with E-state index in [0.29, 0.717) is 24.1 Å². The molecular formula is C19H27N5O3S. The van der Waals surface area contributed by atoms with Gasteiger partial charge in [-0.1, -0.05) is 0 Å². The Bertz CT molecular complexity index is 818. The van der Waals surface area contributed by atoms with Gasteiger partial charge in [0, 0.05) is 28.6 Å². The van der Waals surface area contributed by atoms with Gasteiger partial charge >= 0.3 is 6.09 Å². The number of nitrogens with one attached hydrogen (secondary N) is 3. The highest BCUT2D eigenvalue weighted by Gasteiger charge is 2.27. The van der Waals surface area contributed by atoms with Crippen LogP contribution in [-0.4, -0.2) is 38.3 Å². The summed E-state index contributed by atoms with van der Waals surface area (Å²) < 4.78 is 0. The Labute approximate surface area is 168 Å². The Balaban J connectivity index is 1.46. The summed E-state index contributed by atoms with van der Waals surface area (Å²) in [5, 5.41) is 21.4. The lowest BCUT2D eigenvalue weighted by Crippen LogP contribution is -2.31. The van der Waals surface area contributed by atoms with Crippen molar-refractivity contribution in [3.05, 3.63) is 27.8 Å². The second-order valence-electron chi connectivity index (χ2n) is 7.60. The molecule has 0 bridgehead atoms. The number of carboxylic acid groups (broad SMARTS) is 1. The van der Waals surface area contributed by atoms with Gasteiger partial charge in [-0.2, -0.15) is 5.10 Å². The smallest absolute Gasteiger partial charge is 0.404 e. The third-order valence-electron chi connectivity index (χ3n) is 5.39. The zero-order chi connectivity index (χ0) is 20.1. The minimum absolute atomic E-state index is 0.0206. The molecule has 1 fully saturated rings. The van der Waals surface area contributed by atoms with Crippen LogP contribution in [0.2, 0.25) is 0 Å². The lowest BCUT2D eigenvalue weighted by molar-refractivity contribution is -0.115. The minimum atomic E-state index is -0.964. The number of amides is 2. The zero-order valence-electron chi connectivity index (χ0n) is 16.2. The topological polar surface area (TPSA) is 120 Å². The summed E-state index contributed by atoms with van der Waals surface area (Å²) in [7, 11) is 0. The highest BCUT2D eigenvalue weighted by atomic mass is 32.1. The van der Waals surface area contributed by atoms with E-state index < -0.39 is 6.09 Å². The van der Waals surface area contributed by atoms with E-state index in [-0.39, 0.29) is 11.9 Å². The summed E-state index contributed by atoms with van der Waals surface area (Å²) in [6, 6.07) is 1.91. The molecule has 2 heterocycles. The van der Waals surface area contributed by atoms with Crippen molar-refractivity contribution in [2.24, 2.45) is 5.92 Å². The molecule has 0 aliphatic heterocycles. The van der Waals surface area contributed by atoms with Crippen LogP contribution >= 0.6 is 11.3 Å². The van der Waals surface area contributed by atoms with Crippen molar-refractivity contribution >= 4 is 29.2 Å². The van der Waals surface area contributed by atoms with Gasteiger partial charge in [0.2, 0.25) is 5.91 Å². The molecule has 4 N–H and O–H groups in total. The Hall–Kier alpha value is -2.42. The number of carbonyl (C=O) groups excluding carboxylic acids is 1. The molecule has 1 aliphatic rings. The molecule has 3 atom stereocenters. The summed E-state index contributed by atoms with van der Waals surface area (Å²) >= 11 is 1.49. The molecule has 2 amide bonds. The first kappa shape index (κ1) is 20.3. The van der Waals surface area contributed by atoms with Crippen LogP contribution < -0.4 is 10.6 Å². The van der Waals surface area contributed by atoms with E-state index in [9.17, 15) is 9.59 Å². The number of aromatic amines is 1. The molecule has 0 saturated heterocycles. The van der Waals surface area contributed by atoms with Crippen molar-refractivity contribution in [2.45, 2.75) is 64.3 Å². The van der Waals surface area contributed by atoms with E-state index in [1.165, 1.54) is 11.3 Å². The van der Waals surface area contributed by atoms with Crippen LogP contribution in [0.15, 0.2) is 11.6 Å². The molecule has 0 aromatic carbocycles. The van der Waals surface area contributed by atoms with Crippen molar-refractivity contribution in [1.29, 1.82) is 0 Å². The third-order valence-corrected chi connectivity index (χ3v) is 6.33. The molecule has 152 valence electrons. The van der Waals surface area contributed by atoms with Gasteiger partial charge in [0.1, 0.15) is 0 Å². The first-order chi connectivity index (χ1) is 13.4. The van der Waals surface area contributed by atoms with Crippen molar-refractivity contribution < 1.29 is 14.7 Å². The highest BCUT2D eigenvalue weighted by Crippen LogP contribution is 2.40. The van der Waals surface area contributed by atoms with Gasteiger partial charge in [0.25, 0.3) is 0 Å². The van der Waals surface area contributed by atoms with Crippen LogP contribution in [-0.2, 0) is 11.2 Å². The number of anilines is 1. The molecule has 2 aromatic rings. The largest absolute Gasteiger partial charge is 0.465 e. The van der Waals surface area contributed by atoms with E-state index in [0.717, 1.165) is 48.4 Å². The standard InChI is InChI=1S/C19H27N5O3S/c1-11(21-19(26)27)3-4-13-5-6-14(7-13)15-8-17(24-23-15)22-18(25)9-16-12(2)20-10-28-16/h8,10-11,13-14,21H,3-7,9H2,1-2H3,(H,26,27)(H2,22,23,24,25)/t11-,13?,14?/m0/s1. The number of aryl methyl sites for hydroxylation is 1. The number of rotatable bonds is 8. The molecule has 28 heavy (non-hydrogen) atoms. The molecule has 2 unspecified atom stereocenters. The maximum atomic E-state index is 12.2. The predicted molar refractivity (Wildman–Crippen MR) is 108 cm³/mol. The van der Waals surface area contributed by atoms with Crippen LogP contribution in [0.3, 0.4) is 0 Å². The first-order valence-corrected chi connectivity index (χ1v) is 10.5. The Kier molecular flexibility index (Phi) is 6.66. The fourth-order valence-electron chi connectivity index (χ4n) is 3.83. The Morgan fingerprint density at radius 3 is 2.96 bits per heavy atom. The maximum absolute atomic E-state index is 12.2. The van der Waals surface area contributed by atoms with Gasteiger partial charge in [-0.15, -0.1) is 11.3 Å². The molecule has 3 rings (SSSR count). The first-order valence-electron chi connectivity index (χ1n) is 9.64. The van der Waals surface area contributed by atoms with Crippen LogP contribution in [0, 0.1) is 12.8 Å². The molecule has 0 spiro atoms. The number of thiazole rings is 1. The van der Waals surface area contributed by atoms with Crippen LogP contribution in [0.4, 0.5) is 10.6 Å². The van der Waals surface area contributed by atoms with Crippen molar-refractivity contribution in [1.82, 2.24) is 20.5 Å². The minimum Gasteiger partial charge on any atom is -0.465 e. The average Bonchev–Trinajstić information content (AvgIpc) is 3.34. The van der Waals surface area contributed by atoms with Gasteiger partial charge < -0.3 is 15.7 Å². The lowest BCUT2D eigenvalue weighted by atomic mass is 9.96. The summed E-state index contributed by atoms with van der Waals surface area (Å²) in [5.74, 6) is 1.48. The van der Waals surface area contributed by atoms with Gasteiger partial charge in [-0.3, -0.25) is 9.89 Å². The number of hydrogen-bond acceptors (Lipinski definition) is 5. The number of carbonyl (C=O) groups is 2. The number of hydrogen-bond donors (Lipinski definition) is 4. The van der Waals surface area contributed by atoms with Gasteiger partial charge in [-0.05, 0) is 51.9 Å². The fourth-order valence-corrected chi connectivity index (χ4v) is 4.60. The number of nitrogens with zero attached hydrogens (tertiary/aromatic N) is 2. The molecule has 1 saturated carbocycles. The molecule has 0 radical (unpaired) electrons. The van der Waals surface area contributed by atoms with Gasteiger partial charge in [0.05, 0.1) is 17.6 Å². The Morgan fingerprint density at radius 1 is 1.43 bits per heavy atom. The third kappa shape index (κ3) is 5.54. The SMILES string of the molecule is Cc1ncsc1CC(=O)Nc1cc(C2CCC(CC[C@H](C)NC(=O)O)C2)[nH]n1. The van der Waals surface area contributed by atoms with Crippen LogP contribution in [0.5, 0.6) is 0 Å². The van der Waals surface area contributed by atoms with E-state index in [1.807, 2.05) is 19.9 Å². The van der Waals surface area contributed by atoms with Crippen molar-refractivity contribution in [3.63, 3.8) is 0 Å². The highest BCUT2D eigenvalue weighted by molar-refractivity contribution is 7.09. The van der Waals surface area contributed by atoms with Crippen molar-refractivity contribution in [2.75, 3.05) is 5.32 Å². The quantitative estimate of drug-likeness (QED) is 0.534. The van der Waals surface area contributed by atoms with E-state index in [1.54, 1.807) is 5.51 Å². The summed E-state index contributed by atoms with van der Waals surface area (Å²) in [4.78, 5) is 28.0. The summed E-state index contributed by atoms with van der Waals surface area (Å²) in [5.41, 5.74) is 3.70. The van der Waals surface area contributed by atoms with E-state index in [4.69, 9.17) is 5.11 Å². The molecule has 9 heteroatoms. The predicted octanol–water partition coefficient (Wildman–Crippen LogP) is 3.68. The number of H-pyrrole nitrogens is 1. The molecule has 1 aliphatic carbocycles. The monoisotopic (exact) mass is 405 g/mol. The summed E-state index contributed by atoms with van der Waals surface area (Å²) in [6.45, 7) is 3.80. The van der Waals surface area contributed by atoms with Crippen molar-refractivity contribution in [3.8, 4) is 0 Å². The average molecular weight is 406 g/mol. The zero-order valence-corrected chi connectivity index (χ0v) is 17.0. The molecule has 8 nitrogen and oxygen atoms in total. The molecule has 2 aromatic heterocycles. The Morgan fingerprint density at radius 2 is 2.25 bits per heavy atom. The molecular weight excluding hydrogens is 378 g/mol. The van der Waals surface area contributed by atoms with E-state index >= 15 is 0 Å². The fraction of sp³-hybridized carbons (Fsp3) is 0.579. The normalized spacial score (nSPS) is 20.1.